The average Bonchev–Trinajstić information content (AvgIpc) is 3.17. The molecular weight excluding hydrogens is 450 g/mol. The molecule has 2 aromatic carbocycles. The van der Waals surface area contributed by atoms with E-state index in [2.05, 4.69) is 15.4 Å². The van der Waals surface area contributed by atoms with Crippen LogP contribution in [0.1, 0.15) is 27.3 Å². The number of carbonyl (C=O) groups excluding carboxylic acids is 1. The van der Waals surface area contributed by atoms with Gasteiger partial charge in [0.1, 0.15) is 0 Å². The van der Waals surface area contributed by atoms with Crippen LogP contribution in [0.25, 0.3) is 16.9 Å². The predicted molar refractivity (Wildman–Crippen MR) is 108 cm³/mol. The van der Waals surface area contributed by atoms with Gasteiger partial charge < -0.3 is 5.32 Å². The zero-order valence-electron chi connectivity index (χ0n) is 16.8. The third-order valence-corrected chi connectivity index (χ3v) is 4.78. The molecule has 0 radical (unpaired) electrons. The van der Waals surface area contributed by atoms with E-state index in [9.17, 15) is 31.1 Å². The van der Waals surface area contributed by atoms with Crippen LogP contribution in [-0.2, 0) is 12.4 Å². The fraction of sp³-hybridized carbons (Fsp3) is 0.136. The van der Waals surface area contributed by atoms with Crippen LogP contribution in [0.15, 0.2) is 60.7 Å². The number of carbonyl (C=O) groups is 1. The molecule has 0 saturated heterocycles. The minimum atomic E-state index is -4.83. The normalized spacial score (nSPS) is 12.2. The van der Waals surface area contributed by atoms with Gasteiger partial charge in [-0.25, -0.2) is 9.50 Å². The van der Waals surface area contributed by atoms with Gasteiger partial charge in [-0.15, -0.1) is 0 Å². The molecule has 2 heterocycles. The van der Waals surface area contributed by atoms with Gasteiger partial charge in [0.05, 0.1) is 16.9 Å². The van der Waals surface area contributed by atoms with Crippen molar-refractivity contribution in [2.45, 2.75) is 19.3 Å². The number of benzene rings is 2. The van der Waals surface area contributed by atoms with Crippen LogP contribution in [0.3, 0.4) is 0 Å². The molecule has 4 aromatic rings. The number of nitrogens with zero attached hydrogens (tertiary/aromatic N) is 3. The molecule has 0 saturated carbocycles. The summed E-state index contributed by atoms with van der Waals surface area (Å²) in [5.74, 6) is -1.11. The van der Waals surface area contributed by atoms with E-state index in [-0.39, 0.29) is 11.3 Å². The Morgan fingerprint density at radius 3 is 2.21 bits per heavy atom. The molecule has 1 N–H and O–H groups in total. The van der Waals surface area contributed by atoms with E-state index in [1.54, 1.807) is 24.3 Å². The molecule has 0 fully saturated rings. The minimum absolute atomic E-state index is 0.00380. The molecule has 0 aliphatic rings. The quantitative estimate of drug-likeness (QED) is 0.379. The molecule has 4 rings (SSSR count). The summed E-state index contributed by atoms with van der Waals surface area (Å²) in [5, 5.41) is 5.72. The molecule has 170 valence electrons. The van der Waals surface area contributed by atoms with Gasteiger partial charge in [-0.3, -0.25) is 4.79 Å². The van der Waals surface area contributed by atoms with Gasteiger partial charge in [-0.05, 0) is 25.1 Å². The third-order valence-electron chi connectivity index (χ3n) is 4.78. The van der Waals surface area contributed by atoms with E-state index in [1.807, 2.05) is 6.92 Å². The number of para-hydroxylation sites is 1. The molecule has 0 aliphatic carbocycles. The molecule has 0 unspecified atom stereocenters. The Morgan fingerprint density at radius 2 is 1.58 bits per heavy atom. The second kappa shape index (κ2) is 7.91. The van der Waals surface area contributed by atoms with Crippen LogP contribution in [0.4, 0.5) is 32.0 Å². The van der Waals surface area contributed by atoms with Crippen LogP contribution in [0, 0.1) is 6.92 Å². The number of alkyl halides is 6. The smallest absolute Gasteiger partial charge is 0.320 e. The number of amides is 1. The lowest BCUT2D eigenvalue weighted by atomic mass is 10.1. The number of anilines is 1. The molecule has 5 nitrogen and oxygen atoms in total. The number of hydrogen-bond acceptors (Lipinski definition) is 3. The Labute approximate surface area is 182 Å². The number of aryl methyl sites for hydroxylation is 1. The Hall–Kier alpha value is -3.89. The summed E-state index contributed by atoms with van der Waals surface area (Å²) in [6, 6.07) is 12.6. The van der Waals surface area contributed by atoms with Crippen molar-refractivity contribution in [2.75, 3.05) is 5.32 Å². The molecule has 0 spiro atoms. The highest BCUT2D eigenvalue weighted by atomic mass is 19.4. The monoisotopic (exact) mass is 464 g/mol. The Kier molecular flexibility index (Phi) is 5.35. The summed E-state index contributed by atoms with van der Waals surface area (Å²) in [6.45, 7) is 1.82. The lowest BCUT2D eigenvalue weighted by Gasteiger charge is -2.12. The van der Waals surface area contributed by atoms with Gasteiger partial charge in [-0.2, -0.15) is 31.4 Å². The van der Waals surface area contributed by atoms with Crippen LogP contribution in [0.2, 0.25) is 0 Å². The number of hydrogen-bond donors (Lipinski definition) is 1. The summed E-state index contributed by atoms with van der Waals surface area (Å²) < 4.78 is 81.1. The number of nitrogens with one attached hydrogen (secondary N) is 1. The van der Waals surface area contributed by atoms with Gasteiger partial charge in [0.2, 0.25) is 0 Å². The van der Waals surface area contributed by atoms with E-state index in [0.29, 0.717) is 10.1 Å². The maximum Gasteiger partial charge on any atom is 0.433 e. The van der Waals surface area contributed by atoms with Crippen molar-refractivity contribution >= 4 is 17.2 Å². The summed E-state index contributed by atoms with van der Waals surface area (Å²) in [4.78, 5) is 16.7. The first-order chi connectivity index (χ1) is 15.4. The molecular formula is C22H14F6N4O. The molecule has 33 heavy (non-hydrogen) atoms. The molecule has 11 heteroatoms. The molecule has 0 bridgehead atoms. The second-order valence-electron chi connectivity index (χ2n) is 7.19. The van der Waals surface area contributed by atoms with Gasteiger partial charge in [0, 0.05) is 11.6 Å². The highest BCUT2D eigenvalue weighted by molar-refractivity contribution is 6.04. The van der Waals surface area contributed by atoms with Crippen molar-refractivity contribution < 1.29 is 31.1 Å². The topological polar surface area (TPSA) is 59.3 Å². The van der Waals surface area contributed by atoms with Crippen molar-refractivity contribution in [3.8, 4) is 11.3 Å². The van der Waals surface area contributed by atoms with Gasteiger partial charge in [0.15, 0.2) is 17.0 Å². The zero-order valence-corrected chi connectivity index (χ0v) is 16.8. The van der Waals surface area contributed by atoms with E-state index < -0.39 is 40.9 Å². The Morgan fingerprint density at radius 1 is 0.909 bits per heavy atom. The Balaban J connectivity index is 1.78. The lowest BCUT2D eigenvalue weighted by molar-refractivity contribution is -0.142. The highest BCUT2D eigenvalue weighted by Crippen LogP contribution is 2.35. The maximum absolute atomic E-state index is 13.7. The zero-order chi connectivity index (χ0) is 24.0. The summed E-state index contributed by atoms with van der Waals surface area (Å²) in [6.07, 6.45) is -9.57. The second-order valence-corrected chi connectivity index (χ2v) is 7.19. The van der Waals surface area contributed by atoms with Crippen molar-refractivity contribution in [1.29, 1.82) is 0 Å². The fourth-order valence-electron chi connectivity index (χ4n) is 3.19. The van der Waals surface area contributed by atoms with Crippen LogP contribution >= 0.6 is 0 Å². The maximum atomic E-state index is 13.7. The minimum Gasteiger partial charge on any atom is -0.320 e. The SMILES string of the molecule is Cc1ccc(-c2cc(C(F)(F)F)n3nc(C(=O)Nc4ccccc4C(F)(F)F)cc3n2)cc1. The number of halogens is 6. The number of fused-ring (bicyclic) bond motifs is 1. The standard InChI is InChI=1S/C22H14F6N4O/c1-12-6-8-13(9-7-12)16-10-18(22(26,27)28)32-19(29-16)11-17(31-32)20(33)30-15-5-3-2-4-14(15)21(23,24)25/h2-11H,1H3,(H,30,33). The van der Waals surface area contributed by atoms with Crippen LogP contribution in [0.5, 0.6) is 0 Å². The number of aromatic nitrogens is 3. The van der Waals surface area contributed by atoms with Crippen LogP contribution < -0.4 is 5.32 Å². The summed E-state index contributed by atoms with van der Waals surface area (Å²) in [5.41, 5.74) is -2.31. The molecule has 2 aromatic heterocycles. The Bertz CT molecular complexity index is 1340. The summed E-state index contributed by atoms with van der Waals surface area (Å²) in [7, 11) is 0. The molecule has 0 aliphatic heterocycles. The highest BCUT2D eigenvalue weighted by Gasteiger charge is 2.36. The first-order valence-electron chi connectivity index (χ1n) is 9.46. The van der Waals surface area contributed by atoms with Gasteiger partial charge in [0.25, 0.3) is 5.91 Å². The fourth-order valence-corrected chi connectivity index (χ4v) is 3.19. The van der Waals surface area contributed by atoms with Crippen molar-refractivity contribution in [2.24, 2.45) is 0 Å². The largest absolute Gasteiger partial charge is 0.433 e. The van der Waals surface area contributed by atoms with E-state index in [1.165, 1.54) is 6.07 Å². The average molecular weight is 464 g/mol. The summed E-state index contributed by atoms with van der Waals surface area (Å²) >= 11 is 0. The molecule has 0 atom stereocenters. The van der Waals surface area contributed by atoms with Crippen molar-refractivity contribution in [3.63, 3.8) is 0 Å². The van der Waals surface area contributed by atoms with E-state index >= 15 is 0 Å². The van der Waals surface area contributed by atoms with Gasteiger partial charge in [-0.1, -0.05) is 42.0 Å². The van der Waals surface area contributed by atoms with Crippen molar-refractivity contribution in [1.82, 2.24) is 14.6 Å². The van der Waals surface area contributed by atoms with Crippen molar-refractivity contribution in [3.05, 3.63) is 83.2 Å². The molecule has 1 amide bonds. The van der Waals surface area contributed by atoms with E-state index in [0.717, 1.165) is 35.9 Å². The lowest BCUT2D eigenvalue weighted by Crippen LogP contribution is -2.18. The predicted octanol–water partition coefficient (Wildman–Crippen LogP) is 5.99. The van der Waals surface area contributed by atoms with E-state index in [4.69, 9.17) is 0 Å². The van der Waals surface area contributed by atoms with Crippen LogP contribution in [-0.4, -0.2) is 20.5 Å². The van der Waals surface area contributed by atoms with Gasteiger partial charge >= 0.3 is 12.4 Å². The first kappa shape index (κ1) is 22.3. The third kappa shape index (κ3) is 4.52. The number of rotatable bonds is 3. The first-order valence-corrected chi connectivity index (χ1v) is 9.46.